The lowest BCUT2D eigenvalue weighted by Gasteiger charge is -2.04. The first-order chi connectivity index (χ1) is 13.2. The van der Waals surface area contributed by atoms with E-state index in [0.29, 0.717) is 10.0 Å². The van der Waals surface area contributed by atoms with Crippen molar-refractivity contribution < 1.29 is 0 Å². The number of nitrogens with zero attached hydrogens (tertiary/aromatic N) is 3. The van der Waals surface area contributed by atoms with Crippen LogP contribution in [-0.2, 0) is 6.54 Å². The van der Waals surface area contributed by atoms with Crippen molar-refractivity contribution in [3.05, 3.63) is 58.6 Å². The van der Waals surface area contributed by atoms with Gasteiger partial charge in [-0.1, -0.05) is 60.7 Å². The Bertz CT molecular complexity index is 970. The number of aromatic nitrogens is 2. The minimum atomic E-state index is 0. The van der Waals surface area contributed by atoms with Crippen LogP contribution in [0.15, 0.2) is 48.0 Å². The van der Waals surface area contributed by atoms with E-state index in [-0.39, 0.29) is 24.8 Å². The molecule has 0 bridgehead atoms. The van der Waals surface area contributed by atoms with Gasteiger partial charge in [0, 0.05) is 41.8 Å². The number of aryl methyl sites for hydroxylation is 1. The summed E-state index contributed by atoms with van der Waals surface area (Å²) >= 11 is 12.7. The van der Waals surface area contributed by atoms with Gasteiger partial charge in [0.1, 0.15) is 5.84 Å². The fraction of sp³-hybridized carbons (Fsp3) is 0.333. The molecule has 0 saturated heterocycles. The largest absolute Gasteiger partial charge is 0.338 e. The van der Waals surface area contributed by atoms with Crippen molar-refractivity contribution in [1.82, 2.24) is 9.55 Å². The molecule has 0 radical (unpaired) electrons. The highest BCUT2D eigenvalue weighted by Crippen LogP contribution is 2.42. The third-order valence-corrected chi connectivity index (χ3v) is 5.58. The Hall–Kier alpha value is -1.46. The van der Waals surface area contributed by atoms with Crippen molar-refractivity contribution >= 4 is 70.3 Å². The van der Waals surface area contributed by atoms with Gasteiger partial charge in [0.2, 0.25) is 0 Å². The summed E-state index contributed by atoms with van der Waals surface area (Å²) in [5, 5.41) is 6.80. The molecule has 0 spiro atoms. The van der Waals surface area contributed by atoms with Crippen molar-refractivity contribution in [2.75, 3.05) is 11.9 Å². The van der Waals surface area contributed by atoms with Crippen LogP contribution in [0.2, 0.25) is 10.0 Å². The molecule has 0 fully saturated rings. The Kier molecular flexibility index (Phi) is 9.09. The smallest absolute Gasteiger partial charge is 0.133 e. The number of nitrogens with one attached hydrogen (secondary N) is 1. The van der Waals surface area contributed by atoms with Crippen LogP contribution in [0.5, 0.6) is 0 Å². The number of amidine groups is 1. The summed E-state index contributed by atoms with van der Waals surface area (Å²) in [6, 6.07) is 7.91. The summed E-state index contributed by atoms with van der Waals surface area (Å²) < 4.78 is 2.13. The average molecular weight is 474 g/mol. The zero-order chi connectivity index (χ0) is 18.6. The first-order valence-electron chi connectivity index (χ1n) is 9.42. The molecule has 3 aromatic rings. The van der Waals surface area contributed by atoms with E-state index in [0.717, 1.165) is 47.4 Å². The van der Waals surface area contributed by atoms with Crippen LogP contribution < -0.4 is 5.32 Å². The molecule has 1 aliphatic rings. The van der Waals surface area contributed by atoms with Crippen LogP contribution in [0.1, 0.15) is 37.7 Å². The molecule has 2 aromatic carbocycles. The maximum Gasteiger partial charge on any atom is 0.133 e. The lowest BCUT2D eigenvalue weighted by molar-refractivity contribution is 0.563. The van der Waals surface area contributed by atoms with Gasteiger partial charge in [-0.25, -0.2) is 4.98 Å². The summed E-state index contributed by atoms with van der Waals surface area (Å²) in [6.45, 7) is 1.87. The molecule has 2 heterocycles. The van der Waals surface area contributed by atoms with Crippen molar-refractivity contribution in [3.8, 4) is 0 Å². The highest BCUT2D eigenvalue weighted by atomic mass is 35.5. The molecule has 0 saturated carbocycles. The van der Waals surface area contributed by atoms with E-state index >= 15 is 0 Å². The molecule has 0 atom stereocenters. The number of aliphatic imine (C=N–C) groups is 1. The monoisotopic (exact) mass is 472 g/mol. The van der Waals surface area contributed by atoms with Crippen LogP contribution in [0, 0.1) is 0 Å². The van der Waals surface area contributed by atoms with Crippen LogP contribution in [0.25, 0.3) is 10.8 Å². The molecule has 8 heteroatoms. The zero-order valence-electron chi connectivity index (χ0n) is 15.9. The summed E-state index contributed by atoms with van der Waals surface area (Å²) in [5.74, 6) is 0.903. The molecule has 4 rings (SSSR count). The van der Waals surface area contributed by atoms with Gasteiger partial charge in [0.25, 0.3) is 0 Å². The number of halogens is 4. The van der Waals surface area contributed by atoms with Crippen LogP contribution in [-0.4, -0.2) is 21.9 Å². The molecule has 156 valence electrons. The van der Waals surface area contributed by atoms with Crippen molar-refractivity contribution in [2.45, 2.75) is 38.6 Å². The quantitative estimate of drug-likeness (QED) is 0.357. The van der Waals surface area contributed by atoms with E-state index in [1.54, 1.807) is 6.07 Å². The Morgan fingerprint density at radius 2 is 1.79 bits per heavy atom. The Morgan fingerprint density at radius 3 is 2.59 bits per heavy atom. The number of hydrogen-bond acceptors (Lipinski definition) is 2. The summed E-state index contributed by atoms with van der Waals surface area (Å²) in [5.41, 5.74) is 2.01. The third kappa shape index (κ3) is 5.37. The molecule has 0 amide bonds. The minimum absolute atomic E-state index is 0. The van der Waals surface area contributed by atoms with Gasteiger partial charge in [-0.3, -0.25) is 4.99 Å². The van der Waals surface area contributed by atoms with Gasteiger partial charge in [-0.15, -0.1) is 24.8 Å². The SMILES string of the molecule is Cl.Cl.Clc1cc(Cl)c2cccc3c2c1NC3=NCCCCCCCn1ccnc1. The highest BCUT2D eigenvalue weighted by molar-refractivity contribution is 6.44. The number of benzene rings is 2. The molecular formula is C21H24Cl4N4. The van der Waals surface area contributed by atoms with E-state index in [1.807, 2.05) is 30.9 Å². The van der Waals surface area contributed by atoms with Gasteiger partial charge in [0.15, 0.2) is 0 Å². The maximum absolute atomic E-state index is 6.37. The maximum atomic E-state index is 6.37. The van der Waals surface area contributed by atoms with Crippen molar-refractivity contribution in [2.24, 2.45) is 4.99 Å². The molecule has 1 N–H and O–H groups in total. The van der Waals surface area contributed by atoms with Gasteiger partial charge < -0.3 is 9.88 Å². The minimum Gasteiger partial charge on any atom is -0.338 e. The molecule has 29 heavy (non-hydrogen) atoms. The van der Waals surface area contributed by atoms with Gasteiger partial charge in [0.05, 0.1) is 22.1 Å². The van der Waals surface area contributed by atoms with Gasteiger partial charge in [-0.2, -0.15) is 0 Å². The second-order valence-corrected chi connectivity index (χ2v) is 7.68. The first-order valence-corrected chi connectivity index (χ1v) is 10.2. The van der Waals surface area contributed by atoms with Crippen molar-refractivity contribution in [3.63, 3.8) is 0 Å². The predicted molar refractivity (Wildman–Crippen MR) is 129 cm³/mol. The van der Waals surface area contributed by atoms with E-state index in [1.165, 1.54) is 25.7 Å². The van der Waals surface area contributed by atoms with E-state index in [2.05, 4.69) is 20.9 Å². The lowest BCUT2D eigenvalue weighted by atomic mass is 10.1. The summed E-state index contributed by atoms with van der Waals surface area (Å²) in [4.78, 5) is 8.85. The third-order valence-electron chi connectivity index (χ3n) is 4.97. The van der Waals surface area contributed by atoms with E-state index in [9.17, 15) is 0 Å². The first kappa shape index (κ1) is 23.8. The molecule has 1 aliphatic heterocycles. The second kappa shape index (κ2) is 11.1. The fourth-order valence-corrected chi connectivity index (χ4v) is 4.15. The normalized spacial score (nSPS) is 13.2. The zero-order valence-corrected chi connectivity index (χ0v) is 19.1. The second-order valence-electron chi connectivity index (χ2n) is 6.87. The Balaban J connectivity index is 0.00000150. The Morgan fingerprint density at radius 1 is 1.00 bits per heavy atom. The standard InChI is InChI=1S/C21H22Cl2N4.2ClH/c22-17-13-18(23)20-19-15(17)7-6-8-16(19)21(26-20)25-9-4-2-1-3-5-11-27-12-10-24-14-27;;/h6-8,10,12-14H,1-5,9,11H2,(H,25,26);2*1H. The average Bonchev–Trinajstić information content (AvgIpc) is 3.31. The van der Waals surface area contributed by atoms with Crippen LogP contribution in [0.4, 0.5) is 5.69 Å². The fourth-order valence-electron chi connectivity index (χ4n) is 3.58. The molecular weight excluding hydrogens is 450 g/mol. The van der Waals surface area contributed by atoms with Gasteiger partial charge in [-0.05, 0) is 18.9 Å². The summed E-state index contributed by atoms with van der Waals surface area (Å²) in [7, 11) is 0. The molecule has 1 aromatic heterocycles. The topological polar surface area (TPSA) is 42.2 Å². The van der Waals surface area contributed by atoms with Gasteiger partial charge >= 0.3 is 0 Å². The molecule has 0 aliphatic carbocycles. The van der Waals surface area contributed by atoms with Crippen LogP contribution in [0.3, 0.4) is 0 Å². The predicted octanol–water partition coefficient (Wildman–Crippen LogP) is 7.01. The number of anilines is 1. The highest BCUT2D eigenvalue weighted by Gasteiger charge is 2.23. The van der Waals surface area contributed by atoms with E-state index in [4.69, 9.17) is 28.2 Å². The molecule has 4 nitrogen and oxygen atoms in total. The van der Waals surface area contributed by atoms with E-state index < -0.39 is 0 Å². The van der Waals surface area contributed by atoms with Crippen LogP contribution >= 0.6 is 48.0 Å². The molecule has 0 unspecified atom stereocenters. The number of imidazole rings is 1. The lowest BCUT2D eigenvalue weighted by Crippen LogP contribution is -2.08. The summed E-state index contributed by atoms with van der Waals surface area (Å²) in [6.07, 6.45) is 11.7. The Labute approximate surface area is 193 Å². The number of hydrogen-bond donors (Lipinski definition) is 1. The number of rotatable bonds is 8. The van der Waals surface area contributed by atoms with Crippen molar-refractivity contribution in [1.29, 1.82) is 0 Å². The number of unbranched alkanes of at least 4 members (excludes halogenated alkanes) is 4.